The van der Waals surface area contributed by atoms with E-state index in [0.717, 1.165) is 28.8 Å². The van der Waals surface area contributed by atoms with Gasteiger partial charge >= 0.3 is 18.1 Å². The first-order valence-electron chi connectivity index (χ1n) is 11.4. The van der Waals surface area contributed by atoms with Gasteiger partial charge in [0.25, 0.3) is 0 Å². The van der Waals surface area contributed by atoms with Crippen LogP contribution in [0.4, 0.5) is 13.2 Å². The number of cyclic esters (lactones) is 1. The second-order valence-electron chi connectivity index (χ2n) is 8.86. The van der Waals surface area contributed by atoms with Crippen molar-refractivity contribution in [1.82, 2.24) is 0 Å². The Balaban J connectivity index is 1.82. The molecule has 0 saturated carbocycles. The summed E-state index contributed by atoms with van der Waals surface area (Å²) in [6.45, 7) is 9.38. The van der Waals surface area contributed by atoms with Crippen molar-refractivity contribution in [3.8, 4) is 0 Å². The molecule has 0 aromatic heterocycles. The van der Waals surface area contributed by atoms with Crippen molar-refractivity contribution in [2.45, 2.75) is 64.6 Å². The second-order valence-corrected chi connectivity index (χ2v) is 9.95. The average Bonchev–Trinajstić information content (AvgIpc) is 2.77. The number of rotatable bonds is 7. The Kier molecular flexibility index (Phi) is 8.36. The lowest BCUT2D eigenvalue weighted by molar-refractivity contribution is -0.148. The van der Waals surface area contributed by atoms with Crippen LogP contribution in [-0.2, 0) is 25.2 Å². The van der Waals surface area contributed by atoms with E-state index in [-0.39, 0.29) is 24.3 Å². The molecule has 0 aliphatic carbocycles. The van der Waals surface area contributed by atoms with Crippen LogP contribution in [-0.4, -0.2) is 23.8 Å². The van der Waals surface area contributed by atoms with Gasteiger partial charge in [-0.1, -0.05) is 31.5 Å². The summed E-state index contributed by atoms with van der Waals surface area (Å²) >= 11 is 1.38. The minimum atomic E-state index is -4.38. The van der Waals surface area contributed by atoms with Crippen molar-refractivity contribution in [3.63, 3.8) is 0 Å². The molecule has 0 N–H and O–H groups in total. The number of ether oxygens (including phenoxy) is 2. The maximum absolute atomic E-state index is 13.2. The smallest absolute Gasteiger partial charge is 0.416 e. The number of alkyl halides is 3. The van der Waals surface area contributed by atoms with Gasteiger partial charge in [-0.25, -0.2) is 4.79 Å². The molecule has 0 spiro atoms. The summed E-state index contributed by atoms with van der Waals surface area (Å²) in [7, 11) is 0. The fourth-order valence-corrected chi connectivity index (χ4v) is 5.15. The van der Waals surface area contributed by atoms with E-state index in [1.165, 1.54) is 23.9 Å². The highest BCUT2D eigenvalue weighted by Gasteiger charge is 2.36. The largest absolute Gasteiger partial charge is 0.458 e. The number of carbonyl (C=O) groups is 2. The maximum atomic E-state index is 13.2. The molecule has 0 saturated heterocycles. The van der Waals surface area contributed by atoms with Crippen molar-refractivity contribution in [2.24, 2.45) is 5.92 Å². The van der Waals surface area contributed by atoms with Crippen molar-refractivity contribution >= 4 is 29.3 Å². The minimum Gasteiger partial charge on any atom is -0.458 e. The topological polar surface area (TPSA) is 52.6 Å². The van der Waals surface area contributed by atoms with E-state index in [1.807, 2.05) is 39.8 Å². The normalized spacial score (nSPS) is 17.3. The Morgan fingerprint density at radius 3 is 2.29 bits per heavy atom. The fourth-order valence-electron chi connectivity index (χ4n) is 4.15. The lowest BCUT2D eigenvalue weighted by Gasteiger charge is -2.31. The van der Waals surface area contributed by atoms with E-state index < -0.39 is 29.8 Å². The molecule has 1 heterocycles. The van der Waals surface area contributed by atoms with Gasteiger partial charge in [-0.15, -0.1) is 11.8 Å². The van der Waals surface area contributed by atoms with Crippen LogP contribution in [0.15, 0.2) is 47.1 Å². The lowest BCUT2D eigenvalue weighted by atomic mass is 9.89. The van der Waals surface area contributed by atoms with Crippen LogP contribution < -0.4 is 0 Å². The van der Waals surface area contributed by atoms with Gasteiger partial charge < -0.3 is 9.47 Å². The van der Waals surface area contributed by atoms with Crippen molar-refractivity contribution < 1.29 is 32.2 Å². The van der Waals surface area contributed by atoms with Gasteiger partial charge in [-0.2, -0.15) is 13.2 Å². The standard InChI is InChI=1S/C27H29F3O4S/c1-6-23(31)33-22-13-21(18(5)14-35-20-9-7-19(8-10-20)27(28,29)30)34-26(32)25(22)24-16(3)11-15(2)12-17(24)4/h7-12,18,21H,6,13-14H2,1-5H3. The van der Waals surface area contributed by atoms with Crippen molar-refractivity contribution in [2.75, 3.05) is 5.75 Å². The highest BCUT2D eigenvalue weighted by Crippen LogP contribution is 2.37. The molecule has 1 aliphatic heterocycles. The van der Waals surface area contributed by atoms with Gasteiger partial charge in [0.15, 0.2) is 0 Å². The van der Waals surface area contributed by atoms with Crippen LogP contribution in [0.5, 0.6) is 0 Å². The molecule has 2 atom stereocenters. The van der Waals surface area contributed by atoms with Gasteiger partial charge in [-0.3, -0.25) is 4.79 Å². The van der Waals surface area contributed by atoms with Gasteiger partial charge in [0.2, 0.25) is 0 Å². The Morgan fingerprint density at radius 1 is 1.14 bits per heavy atom. The third-order valence-electron chi connectivity index (χ3n) is 5.91. The highest BCUT2D eigenvalue weighted by atomic mass is 32.2. The third kappa shape index (κ3) is 6.48. The summed E-state index contributed by atoms with van der Waals surface area (Å²) < 4.78 is 49.8. The highest BCUT2D eigenvalue weighted by molar-refractivity contribution is 7.99. The first-order valence-corrected chi connectivity index (χ1v) is 12.4. The van der Waals surface area contributed by atoms with E-state index in [1.54, 1.807) is 6.92 Å². The quantitative estimate of drug-likeness (QED) is 0.298. The van der Waals surface area contributed by atoms with Crippen LogP contribution in [0.3, 0.4) is 0 Å². The molecular weight excluding hydrogens is 477 g/mol. The molecule has 188 valence electrons. The zero-order valence-corrected chi connectivity index (χ0v) is 21.2. The molecule has 2 aromatic rings. The molecule has 8 heteroatoms. The number of thioether (sulfide) groups is 1. The first kappa shape index (κ1) is 26.9. The molecule has 2 aromatic carbocycles. The van der Waals surface area contributed by atoms with E-state index in [9.17, 15) is 22.8 Å². The van der Waals surface area contributed by atoms with Gasteiger partial charge in [0.1, 0.15) is 17.4 Å². The average molecular weight is 507 g/mol. The number of halogens is 3. The molecule has 0 bridgehead atoms. The van der Waals surface area contributed by atoms with E-state index in [0.29, 0.717) is 22.0 Å². The Hall–Kier alpha value is -2.74. The Morgan fingerprint density at radius 2 is 1.74 bits per heavy atom. The van der Waals surface area contributed by atoms with Gasteiger partial charge in [-0.05, 0) is 61.7 Å². The number of benzene rings is 2. The first-order chi connectivity index (χ1) is 16.4. The summed E-state index contributed by atoms with van der Waals surface area (Å²) in [6, 6.07) is 8.91. The third-order valence-corrected chi connectivity index (χ3v) is 7.21. The second kappa shape index (κ2) is 10.9. The predicted octanol–water partition coefficient (Wildman–Crippen LogP) is 7.04. The molecular formula is C27H29F3O4S. The van der Waals surface area contributed by atoms with Crippen molar-refractivity contribution in [3.05, 3.63) is 70.0 Å². The molecule has 1 aliphatic rings. The van der Waals surface area contributed by atoms with Crippen LogP contribution in [0.25, 0.3) is 5.57 Å². The lowest BCUT2D eigenvalue weighted by Crippen LogP contribution is -2.33. The molecule has 3 rings (SSSR count). The maximum Gasteiger partial charge on any atom is 0.416 e. The predicted molar refractivity (Wildman–Crippen MR) is 130 cm³/mol. The van der Waals surface area contributed by atoms with Crippen LogP contribution in [0, 0.1) is 26.7 Å². The van der Waals surface area contributed by atoms with Crippen LogP contribution in [0.1, 0.15) is 54.5 Å². The number of hydrogen-bond acceptors (Lipinski definition) is 5. The Labute approximate surface area is 207 Å². The van der Waals surface area contributed by atoms with Crippen LogP contribution >= 0.6 is 11.8 Å². The monoisotopic (exact) mass is 506 g/mol. The number of esters is 2. The number of hydrogen-bond donors (Lipinski definition) is 0. The fraction of sp³-hybridized carbons (Fsp3) is 0.407. The molecule has 0 fully saturated rings. The van der Waals surface area contributed by atoms with E-state index in [2.05, 4.69) is 0 Å². The molecule has 4 nitrogen and oxygen atoms in total. The number of aryl methyl sites for hydroxylation is 3. The summed E-state index contributed by atoms with van der Waals surface area (Å²) in [4.78, 5) is 26.1. The molecule has 0 amide bonds. The summed E-state index contributed by atoms with van der Waals surface area (Å²) in [5, 5.41) is 0. The van der Waals surface area contributed by atoms with E-state index >= 15 is 0 Å². The Bertz CT molecular complexity index is 1110. The number of carbonyl (C=O) groups excluding carboxylic acids is 2. The summed E-state index contributed by atoms with van der Waals surface area (Å²) in [6.07, 6.45) is -4.49. The molecule has 2 unspecified atom stereocenters. The zero-order valence-electron chi connectivity index (χ0n) is 20.4. The van der Waals surface area contributed by atoms with Gasteiger partial charge in [0, 0.05) is 29.4 Å². The van der Waals surface area contributed by atoms with Crippen LogP contribution in [0.2, 0.25) is 0 Å². The summed E-state index contributed by atoms with van der Waals surface area (Å²) in [5.41, 5.74) is 3.14. The molecule has 0 radical (unpaired) electrons. The summed E-state index contributed by atoms with van der Waals surface area (Å²) in [5.74, 6) is -0.291. The van der Waals surface area contributed by atoms with Crippen molar-refractivity contribution in [1.29, 1.82) is 0 Å². The van der Waals surface area contributed by atoms with E-state index in [4.69, 9.17) is 9.47 Å². The minimum absolute atomic E-state index is 0.136. The zero-order chi connectivity index (χ0) is 25.9. The van der Waals surface area contributed by atoms with Gasteiger partial charge in [0.05, 0.1) is 5.56 Å². The SMILES string of the molecule is CCC(=O)OC1=C(c2c(C)cc(C)cc2C)C(=O)OC(C(C)CSc2ccc(C(F)(F)F)cc2)C1. The molecule has 35 heavy (non-hydrogen) atoms.